The predicted molar refractivity (Wildman–Crippen MR) is 87.7 cm³/mol. The van der Waals surface area contributed by atoms with Gasteiger partial charge in [0.1, 0.15) is 11.3 Å². The smallest absolute Gasteiger partial charge is 0.134 e. The van der Waals surface area contributed by atoms with Crippen LogP contribution in [0.5, 0.6) is 0 Å². The molecule has 0 spiro atoms. The standard InChI is InChI=1S/C17H23ClN2O/c1-3-17(2,20-8-4-5-9-20)16(19)15-11-12-10-13(18)6-7-14(12)21-15/h6-7,10-11,16H,3-5,8-9,19H2,1-2H3. The lowest BCUT2D eigenvalue weighted by molar-refractivity contribution is 0.0920. The summed E-state index contributed by atoms with van der Waals surface area (Å²) in [5.74, 6) is 0.850. The van der Waals surface area contributed by atoms with E-state index in [9.17, 15) is 0 Å². The van der Waals surface area contributed by atoms with Crippen LogP contribution in [0.4, 0.5) is 0 Å². The monoisotopic (exact) mass is 306 g/mol. The Kier molecular flexibility index (Phi) is 4.00. The van der Waals surface area contributed by atoms with Crippen LogP contribution in [-0.4, -0.2) is 23.5 Å². The number of hydrogen-bond acceptors (Lipinski definition) is 3. The van der Waals surface area contributed by atoms with Gasteiger partial charge in [0.2, 0.25) is 0 Å². The van der Waals surface area contributed by atoms with Gasteiger partial charge in [-0.1, -0.05) is 18.5 Å². The highest BCUT2D eigenvalue weighted by Gasteiger charge is 2.39. The molecule has 2 atom stereocenters. The van der Waals surface area contributed by atoms with Crippen molar-refractivity contribution >= 4 is 22.6 Å². The summed E-state index contributed by atoms with van der Waals surface area (Å²) in [6.07, 6.45) is 3.53. The van der Waals surface area contributed by atoms with Gasteiger partial charge in [0, 0.05) is 15.9 Å². The maximum atomic E-state index is 6.60. The highest BCUT2D eigenvalue weighted by Crippen LogP contribution is 2.37. The number of fused-ring (bicyclic) bond motifs is 1. The van der Waals surface area contributed by atoms with Gasteiger partial charge in [-0.05, 0) is 63.5 Å². The lowest BCUT2D eigenvalue weighted by Gasteiger charge is -2.42. The molecule has 3 nitrogen and oxygen atoms in total. The van der Waals surface area contributed by atoms with E-state index in [1.165, 1.54) is 12.8 Å². The quantitative estimate of drug-likeness (QED) is 0.913. The van der Waals surface area contributed by atoms with Gasteiger partial charge in [-0.15, -0.1) is 0 Å². The van der Waals surface area contributed by atoms with E-state index >= 15 is 0 Å². The number of halogens is 1. The minimum absolute atomic E-state index is 0.0613. The second kappa shape index (κ2) is 5.64. The van der Waals surface area contributed by atoms with E-state index in [0.29, 0.717) is 0 Å². The van der Waals surface area contributed by atoms with Crippen molar-refractivity contribution in [3.63, 3.8) is 0 Å². The summed E-state index contributed by atoms with van der Waals surface area (Å²) in [6.45, 7) is 6.72. The lowest BCUT2D eigenvalue weighted by atomic mass is 9.86. The molecular weight excluding hydrogens is 284 g/mol. The third-order valence-electron chi connectivity index (χ3n) is 5.02. The van der Waals surface area contributed by atoms with Crippen molar-refractivity contribution < 1.29 is 4.42 Å². The van der Waals surface area contributed by atoms with Crippen LogP contribution in [0, 0.1) is 0 Å². The Bertz CT molecular complexity index is 633. The molecule has 0 bridgehead atoms. The minimum atomic E-state index is -0.133. The number of nitrogens with zero attached hydrogens (tertiary/aromatic N) is 1. The topological polar surface area (TPSA) is 42.4 Å². The van der Waals surface area contributed by atoms with E-state index < -0.39 is 0 Å². The van der Waals surface area contributed by atoms with Crippen molar-refractivity contribution in [2.75, 3.05) is 13.1 Å². The first kappa shape index (κ1) is 14.9. The molecule has 114 valence electrons. The molecule has 2 unspecified atom stereocenters. The molecule has 2 aromatic rings. The van der Waals surface area contributed by atoms with Crippen molar-refractivity contribution in [1.82, 2.24) is 4.90 Å². The van der Waals surface area contributed by atoms with Crippen molar-refractivity contribution in [2.24, 2.45) is 5.73 Å². The van der Waals surface area contributed by atoms with Crippen LogP contribution in [0.3, 0.4) is 0 Å². The summed E-state index contributed by atoms with van der Waals surface area (Å²) < 4.78 is 5.98. The van der Waals surface area contributed by atoms with E-state index in [1.807, 2.05) is 24.3 Å². The Morgan fingerprint density at radius 1 is 1.33 bits per heavy atom. The zero-order chi connectivity index (χ0) is 15.0. The molecule has 2 heterocycles. The third kappa shape index (κ3) is 2.59. The van der Waals surface area contributed by atoms with E-state index in [4.69, 9.17) is 21.8 Å². The lowest BCUT2D eigenvalue weighted by Crippen LogP contribution is -2.51. The van der Waals surface area contributed by atoms with Crippen LogP contribution >= 0.6 is 11.6 Å². The van der Waals surface area contributed by atoms with Gasteiger partial charge in [-0.3, -0.25) is 4.90 Å². The summed E-state index contributed by atoms with van der Waals surface area (Å²) in [5.41, 5.74) is 7.39. The highest BCUT2D eigenvalue weighted by atomic mass is 35.5. The first-order chi connectivity index (χ1) is 10.0. The number of furan rings is 1. The summed E-state index contributed by atoms with van der Waals surface area (Å²) >= 11 is 6.05. The Morgan fingerprint density at radius 3 is 2.71 bits per heavy atom. The summed E-state index contributed by atoms with van der Waals surface area (Å²) in [6, 6.07) is 7.59. The molecule has 1 aromatic heterocycles. The summed E-state index contributed by atoms with van der Waals surface area (Å²) in [5, 5.41) is 1.74. The van der Waals surface area contributed by atoms with Gasteiger partial charge in [0.25, 0.3) is 0 Å². The largest absolute Gasteiger partial charge is 0.459 e. The highest BCUT2D eigenvalue weighted by molar-refractivity contribution is 6.31. The SMILES string of the molecule is CCC(C)(C(N)c1cc2cc(Cl)ccc2o1)N1CCCC1. The summed E-state index contributed by atoms with van der Waals surface area (Å²) in [7, 11) is 0. The molecule has 4 heteroatoms. The molecule has 0 amide bonds. The fraction of sp³-hybridized carbons (Fsp3) is 0.529. The van der Waals surface area contributed by atoms with Crippen molar-refractivity contribution in [3.8, 4) is 0 Å². The Morgan fingerprint density at radius 2 is 2.05 bits per heavy atom. The van der Waals surface area contributed by atoms with Crippen LogP contribution in [-0.2, 0) is 0 Å². The van der Waals surface area contributed by atoms with Gasteiger partial charge in [0.05, 0.1) is 6.04 Å². The maximum absolute atomic E-state index is 6.60. The molecule has 1 aromatic carbocycles. The van der Waals surface area contributed by atoms with Crippen molar-refractivity contribution in [1.29, 1.82) is 0 Å². The Labute approximate surface area is 131 Å². The van der Waals surface area contributed by atoms with Gasteiger partial charge in [-0.25, -0.2) is 0 Å². The molecule has 21 heavy (non-hydrogen) atoms. The zero-order valence-electron chi connectivity index (χ0n) is 12.7. The molecule has 1 saturated heterocycles. The van der Waals surface area contributed by atoms with Crippen molar-refractivity contribution in [2.45, 2.75) is 44.7 Å². The zero-order valence-corrected chi connectivity index (χ0v) is 13.5. The average molecular weight is 307 g/mol. The fourth-order valence-electron chi connectivity index (χ4n) is 3.36. The Balaban J connectivity index is 1.95. The molecule has 0 saturated carbocycles. The first-order valence-electron chi connectivity index (χ1n) is 7.74. The van der Waals surface area contributed by atoms with Crippen LogP contribution in [0.25, 0.3) is 11.0 Å². The number of rotatable bonds is 4. The molecule has 3 rings (SSSR count). The molecule has 1 aliphatic heterocycles. The number of hydrogen-bond donors (Lipinski definition) is 1. The van der Waals surface area contributed by atoms with E-state index in [1.54, 1.807) is 0 Å². The molecule has 1 fully saturated rings. The minimum Gasteiger partial charge on any atom is -0.459 e. The van der Waals surface area contributed by atoms with Crippen LogP contribution < -0.4 is 5.73 Å². The first-order valence-corrected chi connectivity index (χ1v) is 8.12. The molecular formula is C17H23ClN2O. The Hall–Kier alpha value is -1.03. The second-order valence-corrected chi connectivity index (χ2v) is 6.65. The normalized spacial score (nSPS) is 20.8. The maximum Gasteiger partial charge on any atom is 0.134 e. The molecule has 2 N–H and O–H groups in total. The van der Waals surface area contributed by atoms with Crippen molar-refractivity contribution in [3.05, 3.63) is 35.0 Å². The van der Waals surface area contributed by atoms with Crippen LogP contribution in [0.1, 0.15) is 44.9 Å². The van der Waals surface area contributed by atoms with E-state index in [-0.39, 0.29) is 11.6 Å². The van der Waals surface area contributed by atoms with Gasteiger partial charge in [0.15, 0.2) is 0 Å². The molecule has 1 aliphatic rings. The molecule has 0 radical (unpaired) electrons. The summed E-state index contributed by atoms with van der Waals surface area (Å²) in [4.78, 5) is 2.51. The third-order valence-corrected chi connectivity index (χ3v) is 5.25. The predicted octanol–water partition coefficient (Wildman–Crippen LogP) is 4.35. The number of likely N-dealkylation sites (tertiary alicyclic amines) is 1. The molecule has 0 aliphatic carbocycles. The number of benzene rings is 1. The second-order valence-electron chi connectivity index (χ2n) is 6.21. The van der Waals surface area contributed by atoms with Crippen LogP contribution in [0.2, 0.25) is 5.02 Å². The van der Waals surface area contributed by atoms with Gasteiger partial charge >= 0.3 is 0 Å². The van der Waals surface area contributed by atoms with Gasteiger partial charge in [-0.2, -0.15) is 0 Å². The van der Waals surface area contributed by atoms with Crippen LogP contribution in [0.15, 0.2) is 28.7 Å². The average Bonchev–Trinajstić information content (AvgIpc) is 3.14. The van der Waals surface area contributed by atoms with Gasteiger partial charge < -0.3 is 10.2 Å². The van der Waals surface area contributed by atoms with E-state index in [2.05, 4.69) is 18.7 Å². The van der Waals surface area contributed by atoms with E-state index in [0.717, 1.165) is 41.3 Å². The fourth-order valence-corrected chi connectivity index (χ4v) is 3.54. The number of nitrogens with two attached hydrogens (primary N) is 1.